The van der Waals surface area contributed by atoms with Crippen LogP contribution < -0.4 is 4.18 Å². The quantitative estimate of drug-likeness (QED) is 0.471. The molecule has 2 aromatic carbocycles. The summed E-state index contributed by atoms with van der Waals surface area (Å²) in [6.07, 6.45) is 0. The normalized spacial score (nSPS) is 12.2. The van der Waals surface area contributed by atoms with Gasteiger partial charge in [0, 0.05) is 5.02 Å². The Hall–Kier alpha value is -2.00. The Morgan fingerprint density at radius 2 is 1.78 bits per heavy atom. The molecule has 0 aliphatic heterocycles. The van der Waals surface area contributed by atoms with Crippen molar-refractivity contribution < 1.29 is 35.3 Å². The average Bonchev–Trinajstić information content (AvgIpc) is 2.44. The van der Waals surface area contributed by atoms with E-state index in [4.69, 9.17) is 11.6 Å². The van der Waals surface area contributed by atoms with Gasteiger partial charge in [0.1, 0.15) is 5.56 Å². The molecule has 0 heterocycles. The van der Waals surface area contributed by atoms with Crippen molar-refractivity contribution in [3.05, 3.63) is 40.9 Å². The maximum atomic E-state index is 12.5. The van der Waals surface area contributed by atoms with Crippen molar-refractivity contribution in [3.8, 4) is 5.75 Å². The first-order valence-electron chi connectivity index (χ1n) is 5.87. The summed E-state index contributed by atoms with van der Waals surface area (Å²) in [6.45, 7) is 0. The molecule has 0 saturated heterocycles. The maximum Gasteiger partial charge on any atom is 0.534 e. The van der Waals surface area contributed by atoms with E-state index < -0.39 is 32.9 Å². The summed E-state index contributed by atoms with van der Waals surface area (Å²) in [5.41, 5.74) is -6.11. The molecule has 10 heteroatoms. The number of fused-ring (bicyclic) bond motifs is 1. The van der Waals surface area contributed by atoms with Crippen LogP contribution in [-0.4, -0.2) is 27.0 Å². The number of methoxy groups -OCH3 is 1. The molecule has 0 saturated carbocycles. The Morgan fingerprint density at radius 3 is 2.35 bits per heavy atom. The molecule has 2 aromatic rings. The first-order valence-corrected chi connectivity index (χ1v) is 7.66. The smallest absolute Gasteiger partial charge is 0.465 e. The zero-order valence-electron chi connectivity index (χ0n) is 11.3. The first kappa shape index (κ1) is 17.4. The lowest BCUT2D eigenvalue weighted by molar-refractivity contribution is -0.0500. The van der Waals surface area contributed by atoms with Gasteiger partial charge in [-0.15, -0.1) is 0 Å². The van der Waals surface area contributed by atoms with E-state index in [0.29, 0.717) is 15.8 Å². The fraction of sp³-hybridized carbons (Fsp3) is 0.154. The number of carbonyl (C=O) groups is 1. The molecule has 0 aliphatic carbocycles. The highest BCUT2D eigenvalue weighted by atomic mass is 35.5. The second kappa shape index (κ2) is 5.89. The predicted molar refractivity (Wildman–Crippen MR) is 75.9 cm³/mol. The zero-order valence-corrected chi connectivity index (χ0v) is 12.9. The highest BCUT2D eigenvalue weighted by molar-refractivity contribution is 7.88. The van der Waals surface area contributed by atoms with Crippen LogP contribution in [0.5, 0.6) is 5.75 Å². The second-order valence-corrected chi connectivity index (χ2v) is 6.29. The minimum absolute atomic E-state index is 0.324. The third-order valence-corrected chi connectivity index (χ3v) is 3.99. The lowest BCUT2D eigenvalue weighted by Gasteiger charge is -2.13. The molecular weight excluding hydrogens is 361 g/mol. The number of benzene rings is 2. The minimum Gasteiger partial charge on any atom is -0.465 e. The Morgan fingerprint density at radius 1 is 1.13 bits per heavy atom. The Bertz CT molecular complexity index is 877. The zero-order chi connectivity index (χ0) is 17.4. The summed E-state index contributed by atoms with van der Waals surface area (Å²) >= 11 is 5.80. The molecule has 0 unspecified atom stereocenters. The van der Waals surface area contributed by atoms with Crippen molar-refractivity contribution in [2.75, 3.05) is 7.11 Å². The third-order valence-electron chi connectivity index (χ3n) is 2.79. The van der Waals surface area contributed by atoms with Crippen LogP contribution >= 0.6 is 11.6 Å². The van der Waals surface area contributed by atoms with Gasteiger partial charge in [0.15, 0.2) is 5.75 Å². The number of carbonyl (C=O) groups excluding carboxylic acids is 1. The molecule has 0 fully saturated rings. The van der Waals surface area contributed by atoms with Crippen LogP contribution in [0.1, 0.15) is 10.4 Å². The summed E-state index contributed by atoms with van der Waals surface area (Å²) in [4.78, 5) is 11.7. The van der Waals surface area contributed by atoms with Crippen molar-refractivity contribution in [2.45, 2.75) is 5.51 Å². The molecule has 0 N–H and O–H groups in total. The fourth-order valence-corrected chi connectivity index (χ4v) is 2.40. The first-order chi connectivity index (χ1) is 10.5. The average molecular weight is 369 g/mol. The molecule has 0 aromatic heterocycles. The Labute approximate surface area is 133 Å². The monoisotopic (exact) mass is 368 g/mol. The number of alkyl halides is 3. The largest absolute Gasteiger partial charge is 0.534 e. The van der Waals surface area contributed by atoms with E-state index >= 15 is 0 Å². The highest BCUT2D eigenvalue weighted by Gasteiger charge is 2.49. The SMILES string of the molecule is COC(=O)c1cc2cc(Cl)ccc2cc1OS(=O)(=O)C(F)(F)F. The van der Waals surface area contributed by atoms with Gasteiger partial charge in [-0.2, -0.15) is 21.6 Å². The molecule has 23 heavy (non-hydrogen) atoms. The van der Waals surface area contributed by atoms with Gasteiger partial charge in [0.25, 0.3) is 0 Å². The van der Waals surface area contributed by atoms with Gasteiger partial charge in [-0.05, 0) is 35.0 Å². The standard InChI is InChI=1S/C13H8ClF3O5S/c1-21-12(18)10-5-8-4-9(14)3-2-7(8)6-11(10)22-23(19,20)13(15,16)17/h2-6H,1H3. The summed E-state index contributed by atoms with van der Waals surface area (Å²) in [7, 11) is -4.93. The Kier molecular flexibility index (Phi) is 4.45. The molecule has 2 rings (SSSR count). The molecule has 5 nitrogen and oxygen atoms in total. The van der Waals surface area contributed by atoms with Crippen molar-refractivity contribution in [2.24, 2.45) is 0 Å². The van der Waals surface area contributed by atoms with Gasteiger partial charge in [0.2, 0.25) is 0 Å². The van der Waals surface area contributed by atoms with Crippen molar-refractivity contribution in [1.82, 2.24) is 0 Å². The van der Waals surface area contributed by atoms with Crippen LogP contribution in [0.2, 0.25) is 5.02 Å². The number of hydrogen-bond donors (Lipinski definition) is 0. The third kappa shape index (κ3) is 3.50. The van der Waals surface area contributed by atoms with E-state index in [1.165, 1.54) is 18.2 Å². The van der Waals surface area contributed by atoms with Crippen molar-refractivity contribution in [3.63, 3.8) is 0 Å². The number of halogens is 4. The molecule has 0 spiro atoms. The number of esters is 1. The van der Waals surface area contributed by atoms with Gasteiger partial charge in [-0.25, -0.2) is 4.79 Å². The lowest BCUT2D eigenvalue weighted by Crippen LogP contribution is -2.28. The molecule has 0 bridgehead atoms. The molecule has 0 aliphatic rings. The van der Waals surface area contributed by atoms with E-state index in [2.05, 4.69) is 8.92 Å². The van der Waals surface area contributed by atoms with Gasteiger partial charge in [-0.3, -0.25) is 0 Å². The van der Waals surface area contributed by atoms with Gasteiger partial charge >= 0.3 is 21.6 Å². The molecule has 0 amide bonds. The maximum absolute atomic E-state index is 12.5. The van der Waals surface area contributed by atoms with E-state index in [-0.39, 0.29) is 0 Å². The van der Waals surface area contributed by atoms with Crippen molar-refractivity contribution in [1.29, 1.82) is 0 Å². The van der Waals surface area contributed by atoms with E-state index in [9.17, 15) is 26.4 Å². The van der Waals surface area contributed by atoms with E-state index in [0.717, 1.165) is 19.2 Å². The van der Waals surface area contributed by atoms with Crippen LogP contribution in [0.15, 0.2) is 30.3 Å². The summed E-state index contributed by atoms with van der Waals surface area (Å²) in [5, 5.41) is 1.05. The number of rotatable bonds is 3. The van der Waals surface area contributed by atoms with Gasteiger partial charge in [0.05, 0.1) is 7.11 Å². The Balaban J connectivity index is 2.66. The van der Waals surface area contributed by atoms with Gasteiger partial charge < -0.3 is 8.92 Å². The summed E-state index contributed by atoms with van der Waals surface area (Å²) in [5.74, 6) is -1.84. The highest BCUT2D eigenvalue weighted by Crippen LogP contribution is 2.33. The van der Waals surface area contributed by atoms with Crippen molar-refractivity contribution >= 4 is 38.5 Å². The fourth-order valence-electron chi connectivity index (χ4n) is 1.75. The van der Waals surface area contributed by atoms with Crippen LogP contribution in [0, 0.1) is 0 Å². The second-order valence-electron chi connectivity index (χ2n) is 4.31. The van der Waals surface area contributed by atoms with Crippen LogP contribution in [0.25, 0.3) is 10.8 Å². The lowest BCUT2D eigenvalue weighted by atomic mass is 10.1. The number of ether oxygens (including phenoxy) is 1. The van der Waals surface area contributed by atoms with Crippen LogP contribution in [-0.2, 0) is 14.9 Å². The van der Waals surface area contributed by atoms with Crippen LogP contribution in [0.3, 0.4) is 0 Å². The predicted octanol–water partition coefficient (Wildman–Crippen LogP) is 3.51. The topological polar surface area (TPSA) is 69.7 Å². The molecule has 0 atom stereocenters. The summed E-state index contributed by atoms with van der Waals surface area (Å²) < 4.78 is 68.2. The molecule has 124 valence electrons. The van der Waals surface area contributed by atoms with Crippen LogP contribution in [0.4, 0.5) is 13.2 Å². The van der Waals surface area contributed by atoms with E-state index in [1.54, 1.807) is 0 Å². The summed E-state index contributed by atoms with van der Waals surface area (Å²) in [6, 6.07) is 6.45. The van der Waals surface area contributed by atoms with Gasteiger partial charge in [-0.1, -0.05) is 17.7 Å². The minimum atomic E-state index is -5.93. The molecular formula is C13H8ClF3O5S. The number of hydrogen-bond acceptors (Lipinski definition) is 5. The molecule has 0 radical (unpaired) electrons. The van der Waals surface area contributed by atoms with E-state index in [1.807, 2.05) is 0 Å².